The van der Waals surface area contributed by atoms with E-state index in [9.17, 15) is 15.8 Å². The summed E-state index contributed by atoms with van der Waals surface area (Å²) in [5.74, 6) is -0.693. The van der Waals surface area contributed by atoms with E-state index in [2.05, 4.69) is 0 Å². The maximum Gasteiger partial charge on any atom is 0.214 e. The minimum Gasteiger partial charge on any atom is -0.466 e. The molecule has 1 aliphatic carbocycles. The van der Waals surface area contributed by atoms with Crippen molar-refractivity contribution in [3.05, 3.63) is 11.6 Å². The molecule has 5 heteroatoms. The number of nitrogens with zero attached hydrogens (tertiary/aromatic N) is 3. The maximum absolute atomic E-state index is 9.51. The second kappa shape index (κ2) is 3.12. The van der Waals surface area contributed by atoms with Gasteiger partial charge in [0, 0.05) is 5.92 Å². The molecule has 0 aromatic carbocycles. The molecule has 1 aliphatic heterocycles. The van der Waals surface area contributed by atoms with Crippen molar-refractivity contribution in [3.8, 4) is 18.2 Å². The van der Waals surface area contributed by atoms with E-state index in [1.165, 1.54) is 0 Å². The highest BCUT2D eigenvalue weighted by Crippen LogP contribution is 2.64. The van der Waals surface area contributed by atoms with Crippen LogP contribution in [0, 0.1) is 56.2 Å². The fraction of sp³-hybridized carbons (Fsp3) is 0.538. The van der Waals surface area contributed by atoms with E-state index in [-0.39, 0.29) is 5.90 Å². The first-order valence-electron chi connectivity index (χ1n) is 5.57. The van der Waals surface area contributed by atoms with Crippen LogP contribution in [0.15, 0.2) is 11.6 Å². The Hall–Kier alpha value is -2.32. The van der Waals surface area contributed by atoms with E-state index in [4.69, 9.17) is 10.1 Å². The monoisotopic (exact) mass is 240 g/mol. The Morgan fingerprint density at radius 3 is 2.28 bits per heavy atom. The summed E-state index contributed by atoms with van der Waals surface area (Å²) in [5.41, 5.74) is -3.71. The lowest BCUT2D eigenvalue weighted by molar-refractivity contribution is 0.0539. The molecule has 0 unspecified atom stereocenters. The molecular weight excluding hydrogens is 228 g/mol. The zero-order chi connectivity index (χ0) is 13.8. The molecule has 3 atom stereocenters. The van der Waals surface area contributed by atoms with E-state index in [1.807, 2.05) is 24.3 Å². The minimum atomic E-state index is -1.68. The fourth-order valence-corrected chi connectivity index (χ4v) is 3.14. The van der Waals surface area contributed by atoms with E-state index in [0.29, 0.717) is 5.57 Å². The summed E-state index contributed by atoms with van der Waals surface area (Å²) in [6, 6.07) is 5.93. The number of hydrogen-bond donors (Lipinski definition) is 1. The van der Waals surface area contributed by atoms with E-state index in [0.717, 1.165) is 0 Å². The molecule has 0 saturated carbocycles. The zero-order valence-corrected chi connectivity index (χ0v) is 10.4. The molecule has 0 spiro atoms. The second-order valence-electron chi connectivity index (χ2n) is 5.00. The van der Waals surface area contributed by atoms with Gasteiger partial charge in [0.25, 0.3) is 0 Å². The molecular formula is C13H12N4O. The molecule has 0 amide bonds. The van der Waals surface area contributed by atoms with Crippen LogP contribution in [0.4, 0.5) is 0 Å². The topological polar surface area (TPSA) is 104 Å². The number of fused-ring (bicyclic) bond motifs is 2. The van der Waals surface area contributed by atoms with Gasteiger partial charge < -0.3 is 4.74 Å². The van der Waals surface area contributed by atoms with Crippen molar-refractivity contribution >= 4 is 5.90 Å². The van der Waals surface area contributed by atoms with Gasteiger partial charge in [-0.25, -0.2) is 0 Å². The summed E-state index contributed by atoms with van der Waals surface area (Å²) in [4.78, 5) is 0. The van der Waals surface area contributed by atoms with E-state index >= 15 is 0 Å². The number of nitrogens with one attached hydrogen (secondary N) is 1. The highest BCUT2D eigenvalue weighted by molar-refractivity contribution is 5.91. The van der Waals surface area contributed by atoms with E-state index in [1.54, 1.807) is 20.8 Å². The molecule has 1 saturated heterocycles. The summed E-state index contributed by atoms with van der Waals surface area (Å²) in [6.45, 7) is 5.10. The van der Waals surface area contributed by atoms with Gasteiger partial charge in [0.05, 0.1) is 18.2 Å². The van der Waals surface area contributed by atoms with E-state index < -0.39 is 22.3 Å². The highest BCUT2D eigenvalue weighted by Gasteiger charge is 2.78. The molecule has 1 fully saturated rings. The Bertz CT molecular complexity index is 586. The highest BCUT2D eigenvalue weighted by atomic mass is 16.5. The Balaban J connectivity index is 2.95. The van der Waals surface area contributed by atoms with Crippen LogP contribution in [0.3, 0.4) is 0 Å². The number of allylic oxidation sites excluding steroid dienone is 1. The van der Waals surface area contributed by atoms with Crippen LogP contribution >= 0.6 is 0 Å². The van der Waals surface area contributed by atoms with Crippen LogP contribution in [0.1, 0.15) is 20.8 Å². The van der Waals surface area contributed by atoms with Crippen molar-refractivity contribution < 1.29 is 4.74 Å². The molecule has 90 valence electrons. The third-order valence-corrected chi connectivity index (χ3v) is 4.42. The summed E-state index contributed by atoms with van der Waals surface area (Å²) in [5, 5.41) is 36.5. The molecule has 1 heterocycles. The van der Waals surface area contributed by atoms with Crippen LogP contribution < -0.4 is 0 Å². The van der Waals surface area contributed by atoms with Gasteiger partial charge in [-0.3, -0.25) is 5.41 Å². The van der Waals surface area contributed by atoms with Crippen LogP contribution in [-0.2, 0) is 4.74 Å². The second-order valence-corrected chi connectivity index (χ2v) is 5.00. The zero-order valence-electron chi connectivity index (χ0n) is 10.4. The van der Waals surface area contributed by atoms with Gasteiger partial charge in [-0.2, -0.15) is 15.8 Å². The molecule has 5 nitrogen and oxygen atoms in total. The SMILES string of the molecule is CC1=C[C@H](C)[C@@]2(C#N)C(=N)O[C@@]1(C)C2(C#N)C#N. The van der Waals surface area contributed by atoms with Crippen LogP contribution in [-0.4, -0.2) is 11.5 Å². The Kier molecular flexibility index (Phi) is 2.10. The maximum atomic E-state index is 9.51. The summed E-state index contributed by atoms with van der Waals surface area (Å²) >= 11 is 0. The third-order valence-electron chi connectivity index (χ3n) is 4.42. The lowest BCUT2D eigenvalue weighted by Gasteiger charge is -2.42. The molecule has 0 aromatic heterocycles. The van der Waals surface area contributed by atoms with Gasteiger partial charge in [0.15, 0.2) is 11.0 Å². The first-order chi connectivity index (χ1) is 8.36. The van der Waals surface area contributed by atoms with Gasteiger partial charge in [-0.15, -0.1) is 0 Å². The largest absolute Gasteiger partial charge is 0.466 e. The molecule has 2 aliphatic rings. The average Bonchev–Trinajstić information content (AvgIpc) is 2.49. The van der Waals surface area contributed by atoms with Crippen LogP contribution in [0.25, 0.3) is 0 Å². The Labute approximate surface area is 105 Å². The van der Waals surface area contributed by atoms with Crippen molar-refractivity contribution in [1.82, 2.24) is 0 Å². The predicted octanol–water partition coefficient (Wildman–Crippen LogP) is 1.89. The van der Waals surface area contributed by atoms with Crippen molar-refractivity contribution in [3.63, 3.8) is 0 Å². The van der Waals surface area contributed by atoms with Gasteiger partial charge in [0.2, 0.25) is 11.3 Å². The van der Waals surface area contributed by atoms with Gasteiger partial charge in [-0.1, -0.05) is 13.0 Å². The molecule has 18 heavy (non-hydrogen) atoms. The minimum absolute atomic E-state index is 0.281. The lowest BCUT2D eigenvalue weighted by Crippen LogP contribution is -2.55. The molecule has 2 bridgehead atoms. The number of nitriles is 3. The molecule has 2 rings (SSSR count). The van der Waals surface area contributed by atoms with Crippen molar-refractivity contribution in [2.24, 2.45) is 16.7 Å². The number of ether oxygens (including phenoxy) is 1. The quantitative estimate of drug-likeness (QED) is 0.652. The van der Waals surface area contributed by atoms with Gasteiger partial charge >= 0.3 is 0 Å². The summed E-state index contributed by atoms with van der Waals surface area (Å²) in [7, 11) is 0. The molecule has 0 radical (unpaired) electrons. The van der Waals surface area contributed by atoms with Crippen LogP contribution in [0.2, 0.25) is 0 Å². The first-order valence-corrected chi connectivity index (χ1v) is 5.57. The Morgan fingerprint density at radius 2 is 1.83 bits per heavy atom. The van der Waals surface area contributed by atoms with Gasteiger partial charge in [0.1, 0.15) is 0 Å². The van der Waals surface area contributed by atoms with Crippen molar-refractivity contribution in [1.29, 1.82) is 21.2 Å². The lowest BCUT2D eigenvalue weighted by atomic mass is 9.50. The number of hydrogen-bond acceptors (Lipinski definition) is 5. The first kappa shape index (κ1) is 12.1. The molecule has 0 aromatic rings. The summed E-state index contributed by atoms with van der Waals surface area (Å²) < 4.78 is 5.49. The predicted molar refractivity (Wildman–Crippen MR) is 61.8 cm³/mol. The van der Waals surface area contributed by atoms with Gasteiger partial charge in [-0.05, 0) is 19.4 Å². The normalized spacial score (nSPS) is 39.9. The van der Waals surface area contributed by atoms with Crippen molar-refractivity contribution in [2.75, 3.05) is 0 Å². The smallest absolute Gasteiger partial charge is 0.214 e. The standard InChI is InChI=1S/C13H12N4O/c1-8-4-9(2)13(7-16)10(17)18-11(8,3)12(13,5-14)6-15/h4,9,17H,1-3H3/t9-,11+,13-/m0/s1. The summed E-state index contributed by atoms with van der Waals surface area (Å²) in [6.07, 6.45) is 1.82. The van der Waals surface area contributed by atoms with Crippen LogP contribution in [0.5, 0.6) is 0 Å². The third kappa shape index (κ3) is 0.824. The average molecular weight is 240 g/mol. The fourth-order valence-electron chi connectivity index (χ4n) is 3.14. The molecule has 1 N–H and O–H groups in total. The Morgan fingerprint density at radius 1 is 1.28 bits per heavy atom. The van der Waals surface area contributed by atoms with Crippen molar-refractivity contribution in [2.45, 2.75) is 26.4 Å². The number of rotatable bonds is 0.